The van der Waals surface area contributed by atoms with Crippen molar-refractivity contribution in [2.45, 2.75) is 31.0 Å². The molecular weight excluding hydrogens is 312 g/mol. The Balaban J connectivity index is 1.41. The molecule has 0 aromatic carbocycles. The van der Waals surface area contributed by atoms with Crippen LogP contribution in [-0.4, -0.2) is 59.3 Å². The molecule has 2 bridgehead atoms. The smallest absolute Gasteiger partial charge is 0.129 e. The van der Waals surface area contributed by atoms with Crippen LogP contribution in [0.2, 0.25) is 5.15 Å². The first-order valence-electron chi connectivity index (χ1n) is 8.31. The summed E-state index contributed by atoms with van der Waals surface area (Å²) in [6, 6.07) is 9.78. The molecule has 3 aliphatic rings. The van der Waals surface area contributed by atoms with E-state index in [1.165, 1.54) is 12.8 Å². The molecule has 2 atom stereocenters. The van der Waals surface area contributed by atoms with Crippen molar-refractivity contribution in [3.8, 4) is 0 Å². The van der Waals surface area contributed by atoms with Gasteiger partial charge in [-0.3, -0.25) is 4.90 Å². The summed E-state index contributed by atoms with van der Waals surface area (Å²) in [5.74, 6) is 1.06. The first-order chi connectivity index (χ1) is 11.3. The van der Waals surface area contributed by atoms with Crippen molar-refractivity contribution in [2.75, 3.05) is 31.2 Å². The quantitative estimate of drug-likeness (QED) is 0.791. The van der Waals surface area contributed by atoms with Gasteiger partial charge in [-0.1, -0.05) is 11.6 Å². The fraction of sp³-hybridized carbons (Fsp3) is 0.529. The summed E-state index contributed by atoms with van der Waals surface area (Å²) in [7, 11) is 0. The van der Waals surface area contributed by atoms with Gasteiger partial charge in [-0.25, -0.2) is 9.97 Å². The van der Waals surface area contributed by atoms with Gasteiger partial charge < -0.3 is 9.64 Å². The van der Waals surface area contributed by atoms with Gasteiger partial charge >= 0.3 is 0 Å². The van der Waals surface area contributed by atoms with Gasteiger partial charge in [0.2, 0.25) is 0 Å². The van der Waals surface area contributed by atoms with Gasteiger partial charge in [0.25, 0.3) is 0 Å². The van der Waals surface area contributed by atoms with Crippen LogP contribution in [0, 0.1) is 0 Å². The van der Waals surface area contributed by atoms with Crippen molar-refractivity contribution >= 4 is 28.5 Å². The Kier molecular flexibility index (Phi) is 3.21. The predicted octanol–water partition coefficient (Wildman–Crippen LogP) is 2.33. The number of hydrogen-bond acceptors (Lipinski definition) is 5. The molecule has 6 heteroatoms. The Morgan fingerprint density at radius 2 is 1.61 bits per heavy atom. The number of hydrogen-bond donors (Lipinski definition) is 0. The van der Waals surface area contributed by atoms with Crippen LogP contribution in [0.3, 0.4) is 0 Å². The maximum Gasteiger partial charge on any atom is 0.129 e. The Labute approximate surface area is 140 Å². The maximum atomic E-state index is 5.95. The Hall–Kier alpha value is -1.43. The van der Waals surface area contributed by atoms with E-state index in [0.29, 0.717) is 23.3 Å². The second kappa shape index (κ2) is 5.30. The van der Waals surface area contributed by atoms with Crippen LogP contribution in [-0.2, 0) is 4.74 Å². The molecule has 5 nitrogen and oxygen atoms in total. The largest absolute Gasteiger partial charge is 0.378 e. The summed E-state index contributed by atoms with van der Waals surface area (Å²) in [5, 5.41) is 0.515. The number of piperazine rings is 1. The number of halogens is 1. The fourth-order valence-electron chi connectivity index (χ4n) is 4.26. The van der Waals surface area contributed by atoms with Gasteiger partial charge in [-0.15, -0.1) is 0 Å². The number of rotatable bonds is 2. The van der Waals surface area contributed by atoms with Gasteiger partial charge in [0, 0.05) is 25.2 Å². The van der Waals surface area contributed by atoms with Crippen LogP contribution < -0.4 is 4.90 Å². The Morgan fingerprint density at radius 3 is 2.30 bits per heavy atom. The van der Waals surface area contributed by atoms with Crippen LogP contribution in [0.25, 0.3) is 11.0 Å². The van der Waals surface area contributed by atoms with Gasteiger partial charge in [-0.2, -0.15) is 0 Å². The van der Waals surface area contributed by atoms with Gasteiger partial charge in [0.15, 0.2) is 0 Å². The molecule has 2 aromatic heterocycles. The minimum atomic E-state index is 0.515. The Bertz CT molecular complexity index is 736. The summed E-state index contributed by atoms with van der Waals surface area (Å²) in [6.45, 7) is 3.94. The number of pyridine rings is 2. The molecule has 5 heterocycles. The van der Waals surface area contributed by atoms with E-state index in [2.05, 4.69) is 20.9 Å². The number of ether oxygens (including phenoxy) is 1. The molecule has 0 amide bonds. The lowest BCUT2D eigenvalue weighted by molar-refractivity contribution is -0.0850. The molecule has 0 spiro atoms. The van der Waals surface area contributed by atoms with Crippen LogP contribution in [0.15, 0.2) is 24.3 Å². The van der Waals surface area contributed by atoms with Gasteiger partial charge in [0.1, 0.15) is 11.0 Å². The highest BCUT2D eigenvalue weighted by molar-refractivity contribution is 6.29. The lowest BCUT2D eigenvalue weighted by atomic mass is 10.1. The normalized spacial score (nSPS) is 28.3. The van der Waals surface area contributed by atoms with Crippen molar-refractivity contribution in [2.24, 2.45) is 0 Å². The third-order valence-electron chi connectivity index (χ3n) is 5.40. The molecule has 120 valence electrons. The van der Waals surface area contributed by atoms with E-state index < -0.39 is 0 Å². The molecule has 3 fully saturated rings. The molecule has 3 aliphatic heterocycles. The van der Waals surface area contributed by atoms with E-state index in [-0.39, 0.29) is 0 Å². The van der Waals surface area contributed by atoms with E-state index in [0.717, 1.165) is 43.2 Å². The molecular formula is C17H19ClN4O. The molecule has 0 N–H and O–H groups in total. The van der Waals surface area contributed by atoms with Crippen molar-refractivity contribution < 1.29 is 4.74 Å². The minimum absolute atomic E-state index is 0.515. The van der Waals surface area contributed by atoms with Crippen LogP contribution in [0.4, 0.5) is 5.82 Å². The number of fused-ring (bicyclic) bond motifs is 3. The molecule has 0 aliphatic carbocycles. The molecule has 0 radical (unpaired) electrons. The zero-order valence-corrected chi connectivity index (χ0v) is 13.6. The van der Waals surface area contributed by atoms with Crippen LogP contribution in [0.1, 0.15) is 12.8 Å². The summed E-state index contributed by atoms with van der Waals surface area (Å²) < 4.78 is 5.40. The van der Waals surface area contributed by atoms with E-state index in [4.69, 9.17) is 21.3 Å². The standard InChI is InChI=1S/C17H19ClN4O/c18-16-5-3-15-14(19-16)4-6-17(20-15)21-7-11-1-2-12(8-21)22(11)13-9-23-10-13/h3-6,11-13H,1-2,7-10H2. The summed E-state index contributed by atoms with van der Waals surface area (Å²) in [5.41, 5.74) is 1.77. The molecule has 2 unspecified atom stereocenters. The molecule has 3 saturated heterocycles. The highest BCUT2D eigenvalue weighted by Gasteiger charge is 2.45. The van der Waals surface area contributed by atoms with Gasteiger partial charge in [0.05, 0.1) is 30.3 Å². The molecule has 2 aromatic rings. The lowest BCUT2D eigenvalue weighted by Crippen LogP contribution is -2.62. The summed E-state index contributed by atoms with van der Waals surface area (Å²) in [6.07, 6.45) is 2.59. The van der Waals surface area contributed by atoms with Crippen molar-refractivity contribution in [1.82, 2.24) is 14.9 Å². The third kappa shape index (κ3) is 2.30. The fourth-order valence-corrected chi connectivity index (χ4v) is 4.42. The Morgan fingerprint density at radius 1 is 0.913 bits per heavy atom. The highest BCUT2D eigenvalue weighted by Crippen LogP contribution is 2.35. The zero-order chi connectivity index (χ0) is 15.4. The average molecular weight is 331 g/mol. The second-order valence-corrected chi connectivity index (χ2v) is 7.16. The number of anilines is 1. The average Bonchev–Trinajstić information content (AvgIpc) is 2.76. The van der Waals surface area contributed by atoms with Crippen LogP contribution >= 0.6 is 11.6 Å². The summed E-state index contributed by atoms with van der Waals surface area (Å²) in [4.78, 5) is 14.3. The van der Waals surface area contributed by atoms with E-state index >= 15 is 0 Å². The van der Waals surface area contributed by atoms with Crippen molar-refractivity contribution in [3.63, 3.8) is 0 Å². The molecule has 5 rings (SSSR count). The lowest BCUT2D eigenvalue weighted by Gasteiger charge is -2.48. The van der Waals surface area contributed by atoms with Crippen molar-refractivity contribution in [1.29, 1.82) is 0 Å². The zero-order valence-electron chi connectivity index (χ0n) is 12.9. The first kappa shape index (κ1) is 14.0. The van der Waals surface area contributed by atoms with E-state index in [9.17, 15) is 0 Å². The highest BCUT2D eigenvalue weighted by atomic mass is 35.5. The maximum absolute atomic E-state index is 5.95. The topological polar surface area (TPSA) is 41.5 Å². The first-order valence-corrected chi connectivity index (χ1v) is 8.69. The third-order valence-corrected chi connectivity index (χ3v) is 5.61. The SMILES string of the molecule is Clc1ccc2nc(N3CC4CCC(C3)N4C3COC3)ccc2n1. The van der Waals surface area contributed by atoms with E-state index in [1.54, 1.807) is 6.07 Å². The van der Waals surface area contributed by atoms with Gasteiger partial charge in [-0.05, 0) is 37.1 Å². The van der Waals surface area contributed by atoms with E-state index in [1.807, 2.05) is 12.1 Å². The monoisotopic (exact) mass is 330 g/mol. The predicted molar refractivity (Wildman–Crippen MR) is 90.0 cm³/mol. The molecule has 23 heavy (non-hydrogen) atoms. The van der Waals surface area contributed by atoms with Crippen molar-refractivity contribution in [3.05, 3.63) is 29.4 Å². The number of aromatic nitrogens is 2. The number of nitrogens with zero attached hydrogens (tertiary/aromatic N) is 4. The van der Waals surface area contributed by atoms with Crippen LogP contribution in [0.5, 0.6) is 0 Å². The summed E-state index contributed by atoms with van der Waals surface area (Å²) >= 11 is 5.95. The minimum Gasteiger partial charge on any atom is -0.378 e. The molecule has 0 saturated carbocycles. The second-order valence-electron chi connectivity index (χ2n) is 6.77.